The van der Waals surface area contributed by atoms with Crippen molar-refractivity contribution in [1.29, 1.82) is 0 Å². The van der Waals surface area contributed by atoms with Gasteiger partial charge < -0.3 is 20.1 Å². The predicted molar refractivity (Wildman–Crippen MR) is 112 cm³/mol. The molecule has 0 saturated carbocycles. The Morgan fingerprint density at radius 2 is 2.00 bits per heavy atom. The summed E-state index contributed by atoms with van der Waals surface area (Å²) in [5.41, 5.74) is 1.30. The first-order valence-corrected chi connectivity index (χ1v) is 10.2. The van der Waals surface area contributed by atoms with Gasteiger partial charge in [-0.25, -0.2) is 0 Å². The van der Waals surface area contributed by atoms with Crippen LogP contribution in [-0.4, -0.2) is 45.4 Å². The number of nitrogens with one attached hydrogen (secondary N) is 2. The largest absolute Gasteiger partial charge is 0.377 e. The van der Waals surface area contributed by atoms with Gasteiger partial charge in [0.05, 0.1) is 12.6 Å². The van der Waals surface area contributed by atoms with Crippen LogP contribution in [0, 0.1) is 11.3 Å². The quantitative estimate of drug-likeness (QED) is 0.563. The zero-order chi connectivity index (χ0) is 19.7. The number of nitrogens with zero attached hydrogens (tertiary/aromatic N) is 1. The minimum absolute atomic E-state index is 0.0398. The predicted octanol–water partition coefficient (Wildman–Crippen LogP) is 3.77. The Balaban J connectivity index is 1.98. The topological polar surface area (TPSA) is 54.9 Å². The van der Waals surface area contributed by atoms with Crippen molar-refractivity contribution >= 4 is 5.96 Å². The van der Waals surface area contributed by atoms with Gasteiger partial charge in [-0.2, -0.15) is 0 Å². The van der Waals surface area contributed by atoms with Crippen LogP contribution >= 0.6 is 0 Å². The highest BCUT2D eigenvalue weighted by molar-refractivity contribution is 5.79. The van der Waals surface area contributed by atoms with Gasteiger partial charge in [-0.3, -0.25) is 4.99 Å². The fraction of sp³-hybridized carbons (Fsp3) is 0.682. The van der Waals surface area contributed by atoms with Crippen LogP contribution < -0.4 is 10.6 Å². The second kappa shape index (κ2) is 10.7. The molecule has 3 atom stereocenters. The standard InChI is InChI=1S/C22H37N3O2/c1-6-23-21(25-16-19(26-5)17-11-8-7-9-12-17)24-15-18-13-10-14-27-20(18)22(2,3)4/h7-9,11-12,18-20H,6,10,13-16H2,1-5H3,(H2,23,24,25). The summed E-state index contributed by atoms with van der Waals surface area (Å²) >= 11 is 0. The normalized spacial score (nSPS) is 22.3. The molecule has 0 bridgehead atoms. The van der Waals surface area contributed by atoms with Crippen molar-refractivity contribution < 1.29 is 9.47 Å². The van der Waals surface area contributed by atoms with E-state index in [1.165, 1.54) is 6.42 Å². The van der Waals surface area contributed by atoms with Crippen molar-refractivity contribution in [3.05, 3.63) is 35.9 Å². The average molecular weight is 376 g/mol. The molecule has 1 saturated heterocycles. The molecule has 0 aromatic heterocycles. The third-order valence-corrected chi connectivity index (χ3v) is 5.05. The number of benzene rings is 1. The Bertz CT molecular complexity index is 569. The van der Waals surface area contributed by atoms with E-state index in [2.05, 4.69) is 50.5 Å². The number of aliphatic imine (C=N–C) groups is 1. The van der Waals surface area contributed by atoms with Crippen molar-refractivity contribution in [3.8, 4) is 0 Å². The van der Waals surface area contributed by atoms with Crippen LogP contribution in [0.2, 0.25) is 0 Å². The maximum Gasteiger partial charge on any atom is 0.191 e. The third kappa shape index (κ3) is 6.82. The number of guanidine groups is 1. The summed E-state index contributed by atoms with van der Waals surface area (Å²) in [7, 11) is 1.74. The highest BCUT2D eigenvalue weighted by Crippen LogP contribution is 2.33. The molecule has 1 heterocycles. The fourth-order valence-electron chi connectivity index (χ4n) is 3.74. The van der Waals surface area contributed by atoms with E-state index in [9.17, 15) is 0 Å². The summed E-state index contributed by atoms with van der Waals surface area (Å²) in [6.45, 7) is 12.0. The van der Waals surface area contributed by atoms with Crippen molar-refractivity contribution in [1.82, 2.24) is 10.6 Å². The molecule has 152 valence electrons. The monoisotopic (exact) mass is 375 g/mol. The molecule has 1 aliphatic rings. The first kappa shape index (κ1) is 21.7. The lowest BCUT2D eigenvalue weighted by Gasteiger charge is -2.40. The van der Waals surface area contributed by atoms with Crippen LogP contribution in [-0.2, 0) is 9.47 Å². The Hall–Kier alpha value is -1.59. The molecule has 1 aliphatic heterocycles. The van der Waals surface area contributed by atoms with Gasteiger partial charge in [0, 0.05) is 32.7 Å². The van der Waals surface area contributed by atoms with E-state index in [0.29, 0.717) is 12.5 Å². The van der Waals surface area contributed by atoms with Gasteiger partial charge in [-0.1, -0.05) is 51.1 Å². The average Bonchev–Trinajstić information content (AvgIpc) is 2.67. The molecule has 5 nitrogen and oxygen atoms in total. The molecular formula is C22H37N3O2. The third-order valence-electron chi connectivity index (χ3n) is 5.05. The van der Waals surface area contributed by atoms with E-state index in [4.69, 9.17) is 14.5 Å². The van der Waals surface area contributed by atoms with E-state index in [-0.39, 0.29) is 17.6 Å². The van der Waals surface area contributed by atoms with Gasteiger partial charge >= 0.3 is 0 Å². The van der Waals surface area contributed by atoms with E-state index < -0.39 is 0 Å². The van der Waals surface area contributed by atoms with E-state index in [1.54, 1.807) is 7.11 Å². The van der Waals surface area contributed by atoms with Crippen molar-refractivity contribution in [3.63, 3.8) is 0 Å². The molecule has 1 fully saturated rings. The van der Waals surface area contributed by atoms with Crippen molar-refractivity contribution in [2.24, 2.45) is 16.3 Å². The first-order chi connectivity index (χ1) is 13.0. The van der Waals surface area contributed by atoms with E-state index in [0.717, 1.165) is 37.6 Å². The number of ether oxygens (including phenoxy) is 2. The van der Waals surface area contributed by atoms with Crippen LogP contribution in [0.25, 0.3) is 0 Å². The van der Waals surface area contributed by atoms with Gasteiger partial charge in [-0.15, -0.1) is 0 Å². The molecule has 3 unspecified atom stereocenters. The second-order valence-corrected chi connectivity index (χ2v) is 8.30. The number of hydrogen-bond donors (Lipinski definition) is 2. The molecule has 0 aliphatic carbocycles. The van der Waals surface area contributed by atoms with Gasteiger partial charge in [0.15, 0.2) is 5.96 Å². The van der Waals surface area contributed by atoms with Gasteiger partial charge in [0.2, 0.25) is 0 Å². The summed E-state index contributed by atoms with van der Waals surface area (Å²) in [5.74, 6) is 1.34. The van der Waals surface area contributed by atoms with Crippen LogP contribution in [0.4, 0.5) is 0 Å². The van der Waals surface area contributed by atoms with Crippen molar-refractivity contribution in [2.75, 3.05) is 33.4 Å². The highest BCUT2D eigenvalue weighted by atomic mass is 16.5. The van der Waals surface area contributed by atoms with Crippen molar-refractivity contribution in [2.45, 2.75) is 52.7 Å². The molecule has 0 amide bonds. The summed E-state index contributed by atoms with van der Waals surface area (Å²) in [6.07, 6.45) is 2.56. The molecule has 2 N–H and O–H groups in total. The van der Waals surface area contributed by atoms with Crippen LogP contribution in [0.1, 0.15) is 52.2 Å². The zero-order valence-electron chi connectivity index (χ0n) is 17.6. The summed E-state index contributed by atoms with van der Waals surface area (Å²) in [6, 6.07) is 10.2. The lowest BCUT2D eigenvalue weighted by atomic mass is 9.78. The molecule has 5 heteroatoms. The Kier molecular flexibility index (Phi) is 8.58. The number of hydrogen-bond acceptors (Lipinski definition) is 3. The van der Waals surface area contributed by atoms with Crippen LogP contribution in [0.15, 0.2) is 35.3 Å². The Morgan fingerprint density at radius 1 is 1.26 bits per heavy atom. The molecule has 27 heavy (non-hydrogen) atoms. The SMILES string of the molecule is CCNC(=NCC(OC)c1ccccc1)NCC1CCCOC1C(C)(C)C. The second-order valence-electron chi connectivity index (χ2n) is 8.30. The number of methoxy groups -OCH3 is 1. The summed E-state index contributed by atoms with van der Waals surface area (Å²) < 4.78 is 11.7. The van der Waals surface area contributed by atoms with Gasteiger partial charge in [0.25, 0.3) is 0 Å². The molecule has 2 rings (SSSR count). The molecular weight excluding hydrogens is 338 g/mol. The zero-order valence-corrected chi connectivity index (χ0v) is 17.6. The van der Waals surface area contributed by atoms with E-state index >= 15 is 0 Å². The Labute approximate surface area is 164 Å². The summed E-state index contributed by atoms with van der Waals surface area (Å²) in [5, 5.41) is 6.88. The van der Waals surface area contributed by atoms with Gasteiger partial charge in [0.1, 0.15) is 6.10 Å². The van der Waals surface area contributed by atoms with Crippen LogP contribution in [0.5, 0.6) is 0 Å². The van der Waals surface area contributed by atoms with Crippen LogP contribution in [0.3, 0.4) is 0 Å². The maximum atomic E-state index is 6.10. The van der Waals surface area contributed by atoms with Gasteiger partial charge in [-0.05, 0) is 30.7 Å². The molecule has 0 radical (unpaired) electrons. The molecule has 1 aromatic carbocycles. The number of rotatable bonds is 7. The fourth-order valence-corrected chi connectivity index (χ4v) is 3.74. The maximum absolute atomic E-state index is 6.10. The van der Waals surface area contributed by atoms with E-state index in [1.807, 2.05) is 18.2 Å². The smallest absolute Gasteiger partial charge is 0.191 e. The lowest BCUT2D eigenvalue weighted by molar-refractivity contribution is -0.0835. The minimum atomic E-state index is -0.0398. The highest BCUT2D eigenvalue weighted by Gasteiger charge is 2.35. The molecule has 1 aromatic rings. The molecule has 0 spiro atoms. The summed E-state index contributed by atoms with van der Waals surface area (Å²) in [4.78, 5) is 4.76. The minimum Gasteiger partial charge on any atom is -0.377 e. The lowest BCUT2D eigenvalue weighted by Crippen LogP contribution is -2.47. The first-order valence-electron chi connectivity index (χ1n) is 10.2. The Morgan fingerprint density at radius 3 is 2.63 bits per heavy atom.